The molecule has 6 fully saturated rings. The molecule has 6 aliphatic rings. The minimum Gasteiger partial charge on any atom is -0.408 e. The lowest BCUT2D eigenvalue weighted by Gasteiger charge is -3.08. The van der Waals surface area contributed by atoms with Gasteiger partial charge in [-0.2, -0.15) is 5.10 Å². The Bertz CT molecular complexity index is 1750. The van der Waals surface area contributed by atoms with Gasteiger partial charge in [0.2, 0.25) is 0 Å². The monoisotopic (exact) mass is 500 g/mol. The van der Waals surface area contributed by atoms with Gasteiger partial charge in [-0.05, 0) is 64.5 Å². The molecule has 0 bridgehead atoms. The van der Waals surface area contributed by atoms with Crippen LogP contribution in [0.2, 0.25) is 0 Å². The van der Waals surface area contributed by atoms with Crippen molar-refractivity contribution in [1.29, 1.82) is 0 Å². The molecule has 1 aromatic carbocycles. The molecule has 3 aromatic heterocycles. The third-order valence-electron chi connectivity index (χ3n) is 10.4. The summed E-state index contributed by atoms with van der Waals surface area (Å²) in [5, 5.41) is 9.80. The predicted octanol–water partition coefficient (Wildman–Crippen LogP) is 1.34. The molecule has 10 nitrogen and oxygen atoms in total. The van der Waals surface area contributed by atoms with Gasteiger partial charge in [-0.1, -0.05) is 6.07 Å². The summed E-state index contributed by atoms with van der Waals surface area (Å²) in [4.78, 5) is 42.1. The number of hydrogen-bond donors (Lipinski definition) is 2. The van der Waals surface area contributed by atoms with E-state index in [0.29, 0.717) is 23.1 Å². The molecule has 4 aromatic rings. The van der Waals surface area contributed by atoms with E-state index in [4.69, 9.17) is 4.42 Å². The zero-order valence-corrected chi connectivity index (χ0v) is 19.6. The molecule has 37 heavy (non-hydrogen) atoms. The van der Waals surface area contributed by atoms with E-state index >= 15 is 0 Å². The number of fused-ring (bicyclic) bond motifs is 2. The minimum absolute atomic E-state index is 0.0748. The summed E-state index contributed by atoms with van der Waals surface area (Å²) in [6, 6.07) is 6.50. The van der Waals surface area contributed by atoms with Crippen LogP contribution in [0, 0.1) is 52.7 Å². The Kier molecular flexibility index (Phi) is 3.31. The molecule has 0 aliphatic heterocycles. The lowest BCUT2D eigenvalue weighted by molar-refractivity contribution is -0.612. The average molecular weight is 500 g/mol. The van der Waals surface area contributed by atoms with Gasteiger partial charge < -0.3 is 15.1 Å². The maximum Gasteiger partial charge on any atom is 0.419 e. The standard InChI is InChI=1S/C26H21FN6O4/c1-32-12-4-9(2-3-14(12)37-25(32)36)6-28-23(34)11-5-13(33-22(31-11)10(27)7-30-33)24(35)29-8-26-19-16-15-17(19)21(26)18(15)20(16)26/h2-5,7,15-21H,6,8H2,1H3,(H,28,34)(H,29,35). The molecule has 186 valence electrons. The fourth-order valence-electron chi connectivity index (χ4n) is 9.12. The second-order valence-electron chi connectivity index (χ2n) is 11.3. The Balaban J connectivity index is 0.961. The second kappa shape index (κ2) is 6.09. The third-order valence-corrected chi connectivity index (χ3v) is 10.4. The maximum atomic E-state index is 14.4. The molecule has 0 atom stereocenters. The molecule has 3 heterocycles. The van der Waals surface area contributed by atoms with Gasteiger partial charge in [0.15, 0.2) is 17.0 Å². The molecule has 10 rings (SSSR count). The van der Waals surface area contributed by atoms with E-state index in [9.17, 15) is 18.8 Å². The first-order chi connectivity index (χ1) is 17.9. The van der Waals surface area contributed by atoms with Crippen molar-refractivity contribution in [3.63, 3.8) is 0 Å². The van der Waals surface area contributed by atoms with Crippen molar-refractivity contribution in [3.8, 4) is 0 Å². The molecule has 11 heteroatoms. The Morgan fingerprint density at radius 1 is 1.08 bits per heavy atom. The number of aromatic nitrogens is 4. The first-order valence-corrected chi connectivity index (χ1v) is 12.6. The Labute approximate surface area is 207 Å². The van der Waals surface area contributed by atoms with Crippen LogP contribution in [0.4, 0.5) is 4.39 Å². The highest BCUT2D eigenvalue weighted by molar-refractivity contribution is 5.98. The number of oxazole rings is 1. The van der Waals surface area contributed by atoms with Gasteiger partial charge in [0.05, 0.1) is 11.7 Å². The number of aryl methyl sites for hydroxylation is 1. The summed E-state index contributed by atoms with van der Waals surface area (Å²) in [6.45, 7) is 0.775. The van der Waals surface area contributed by atoms with Crippen molar-refractivity contribution in [1.82, 2.24) is 29.8 Å². The van der Waals surface area contributed by atoms with Crippen LogP contribution in [-0.4, -0.2) is 37.5 Å². The third kappa shape index (κ3) is 2.03. The molecule has 2 amide bonds. The Morgan fingerprint density at radius 3 is 2.59 bits per heavy atom. The Morgan fingerprint density at radius 2 is 1.84 bits per heavy atom. The number of amides is 2. The normalized spacial score (nSPS) is 34.6. The van der Waals surface area contributed by atoms with Gasteiger partial charge in [0.25, 0.3) is 11.8 Å². The number of carbonyl (C=O) groups is 2. The highest BCUT2D eigenvalue weighted by atomic mass is 19.1. The first kappa shape index (κ1) is 20.1. The van der Waals surface area contributed by atoms with Crippen molar-refractivity contribution < 1.29 is 18.4 Å². The van der Waals surface area contributed by atoms with Gasteiger partial charge in [-0.15, -0.1) is 0 Å². The van der Waals surface area contributed by atoms with E-state index in [2.05, 4.69) is 20.7 Å². The van der Waals surface area contributed by atoms with E-state index in [1.807, 2.05) is 0 Å². The van der Waals surface area contributed by atoms with E-state index in [1.54, 1.807) is 25.2 Å². The lowest BCUT2D eigenvalue weighted by atomic mass is 8.96. The first-order valence-electron chi connectivity index (χ1n) is 12.6. The van der Waals surface area contributed by atoms with Gasteiger partial charge in [-0.25, -0.2) is 18.7 Å². The van der Waals surface area contributed by atoms with Crippen LogP contribution in [0.1, 0.15) is 26.5 Å². The van der Waals surface area contributed by atoms with Crippen molar-refractivity contribution in [2.45, 2.75) is 6.54 Å². The smallest absolute Gasteiger partial charge is 0.408 e. The van der Waals surface area contributed by atoms with Crippen molar-refractivity contribution >= 4 is 28.6 Å². The quantitative estimate of drug-likeness (QED) is 0.412. The highest BCUT2D eigenvalue weighted by Gasteiger charge is 3.03. The lowest BCUT2D eigenvalue weighted by Crippen LogP contribution is -3.06. The summed E-state index contributed by atoms with van der Waals surface area (Å²) in [6.07, 6.45) is 0.990. The molecule has 0 spiro atoms. The zero-order valence-electron chi connectivity index (χ0n) is 19.6. The molecule has 0 saturated heterocycles. The van der Waals surface area contributed by atoms with Crippen LogP contribution < -0.4 is 16.4 Å². The van der Waals surface area contributed by atoms with Crippen LogP contribution in [0.3, 0.4) is 0 Å². The SMILES string of the molecule is Cn1c(=O)oc2ccc(CNC(=O)c3cc(C(=O)NCC45C6C7C8C6C4C8C75)n4ncc(F)c4n3)cc21. The topological polar surface area (TPSA) is 124 Å². The van der Waals surface area contributed by atoms with Crippen LogP contribution in [0.25, 0.3) is 16.7 Å². The van der Waals surface area contributed by atoms with Crippen molar-refractivity contribution in [2.75, 3.05) is 6.54 Å². The van der Waals surface area contributed by atoms with E-state index in [1.165, 1.54) is 10.6 Å². The van der Waals surface area contributed by atoms with Gasteiger partial charge in [-0.3, -0.25) is 14.2 Å². The fourth-order valence-corrected chi connectivity index (χ4v) is 9.12. The molecule has 6 aliphatic carbocycles. The molecule has 2 N–H and O–H groups in total. The molecule has 0 radical (unpaired) electrons. The van der Waals surface area contributed by atoms with Gasteiger partial charge in [0, 0.05) is 26.2 Å². The van der Waals surface area contributed by atoms with Crippen LogP contribution in [0.5, 0.6) is 0 Å². The second-order valence-corrected chi connectivity index (χ2v) is 11.3. The summed E-state index contributed by atoms with van der Waals surface area (Å²) in [5.74, 6) is 4.01. The van der Waals surface area contributed by atoms with Gasteiger partial charge in [0.1, 0.15) is 11.4 Å². The Hall–Kier alpha value is -4.02. The number of nitrogens with one attached hydrogen (secondary N) is 2. The number of hydrogen-bond acceptors (Lipinski definition) is 6. The predicted molar refractivity (Wildman–Crippen MR) is 125 cm³/mol. The highest BCUT2D eigenvalue weighted by Crippen LogP contribution is 3.05. The van der Waals surface area contributed by atoms with Crippen molar-refractivity contribution in [3.05, 3.63) is 63.8 Å². The van der Waals surface area contributed by atoms with Crippen LogP contribution in [-0.2, 0) is 13.6 Å². The largest absolute Gasteiger partial charge is 0.419 e. The van der Waals surface area contributed by atoms with Gasteiger partial charge >= 0.3 is 5.76 Å². The number of halogens is 1. The molecule has 6 saturated carbocycles. The maximum absolute atomic E-state index is 14.4. The molecule has 0 unspecified atom stereocenters. The van der Waals surface area contributed by atoms with E-state index in [0.717, 1.165) is 57.7 Å². The zero-order chi connectivity index (χ0) is 25.0. The summed E-state index contributed by atoms with van der Waals surface area (Å²) >= 11 is 0. The van der Waals surface area contributed by atoms with Crippen LogP contribution in [0.15, 0.2) is 39.7 Å². The molecular formula is C26H21FN6O4. The number of rotatable bonds is 6. The summed E-state index contributed by atoms with van der Waals surface area (Å²) < 4.78 is 22.1. The number of nitrogens with zero attached hydrogens (tertiary/aromatic N) is 4. The van der Waals surface area contributed by atoms with E-state index < -0.39 is 17.5 Å². The van der Waals surface area contributed by atoms with Crippen molar-refractivity contribution in [2.24, 2.45) is 53.9 Å². The number of benzene rings is 1. The van der Waals surface area contributed by atoms with E-state index in [-0.39, 0.29) is 29.5 Å². The average Bonchev–Trinajstić information content (AvgIpc) is 3.43. The minimum atomic E-state index is -0.712. The molecular weight excluding hydrogens is 479 g/mol. The number of carbonyl (C=O) groups excluding carboxylic acids is 2. The summed E-state index contributed by atoms with van der Waals surface area (Å²) in [7, 11) is 1.60. The summed E-state index contributed by atoms with van der Waals surface area (Å²) in [5.41, 5.74) is 1.91. The van der Waals surface area contributed by atoms with Crippen LogP contribution >= 0.6 is 0 Å². The fraction of sp³-hybridized carbons (Fsp3) is 0.423.